The van der Waals surface area contributed by atoms with Crippen LogP contribution in [0.5, 0.6) is 11.5 Å². The molecule has 0 radical (unpaired) electrons. The lowest BCUT2D eigenvalue weighted by molar-refractivity contribution is -0.166. The second-order valence-corrected chi connectivity index (χ2v) is 9.73. The van der Waals surface area contributed by atoms with Crippen LogP contribution in [0.15, 0.2) is 30.4 Å². The van der Waals surface area contributed by atoms with Crippen LogP contribution in [0, 0.1) is 5.41 Å². The minimum Gasteiger partial charge on any atom is -0.493 e. The standard InChI is InChI=1S/C25H37NO4/c1-18(27)20-11-13-25(4)23(30-20)16-24(2,3)12-7-8-14-26(25)17-19-9-10-21(28-5)22(15-19)29-6/h7-10,15,20,23H,11-14,16-17H2,1-6H3/b8-7-/t20-,23-,25+/m0/s1. The first kappa shape index (κ1) is 22.8. The SMILES string of the molecule is COc1ccc(CN2C/C=C\CC(C)(C)C[C@@H]3O[C@H](C(C)=O)CC[C@]32C)cc1OC. The average Bonchev–Trinajstić information content (AvgIpc) is 2.75. The van der Waals surface area contributed by atoms with Crippen LogP contribution in [0.4, 0.5) is 0 Å². The van der Waals surface area contributed by atoms with Gasteiger partial charge in [-0.2, -0.15) is 0 Å². The van der Waals surface area contributed by atoms with Crippen molar-refractivity contribution in [1.82, 2.24) is 4.90 Å². The molecule has 1 aromatic rings. The number of ketones is 1. The Hall–Kier alpha value is -1.85. The van der Waals surface area contributed by atoms with Gasteiger partial charge in [-0.05, 0) is 62.6 Å². The van der Waals surface area contributed by atoms with E-state index in [4.69, 9.17) is 14.2 Å². The normalized spacial score (nSPS) is 30.3. The number of Topliss-reactive ketones (excluding diaryl/α,β-unsaturated/α-hetero) is 1. The van der Waals surface area contributed by atoms with E-state index in [1.807, 2.05) is 6.07 Å². The summed E-state index contributed by atoms with van der Waals surface area (Å²) in [6, 6.07) is 6.12. The van der Waals surface area contributed by atoms with E-state index >= 15 is 0 Å². The number of carbonyl (C=O) groups is 1. The van der Waals surface area contributed by atoms with E-state index in [-0.39, 0.29) is 28.9 Å². The maximum absolute atomic E-state index is 12.1. The van der Waals surface area contributed by atoms with E-state index in [9.17, 15) is 4.79 Å². The third-order valence-corrected chi connectivity index (χ3v) is 6.83. The highest BCUT2D eigenvalue weighted by atomic mass is 16.5. The monoisotopic (exact) mass is 415 g/mol. The van der Waals surface area contributed by atoms with Crippen LogP contribution in [0.2, 0.25) is 0 Å². The molecule has 0 aromatic heterocycles. The van der Waals surface area contributed by atoms with Crippen molar-refractivity contribution >= 4 is 5.78 Å². The first-order chi connectivity index (χ1) is 14.2. The van der Waals surface area contributed by atoms with Crippen LogP contribution in [0.25, 0.3) is 0 Å². The van der Waals surface area contributed by atoms with Gasteiger partial charge in [-0.25, -0.2) is 0 Å². The molecule has 2 heterocycles. The van der Waals surface area contributed by atoms with Crippen molar-refractivity contribution in [2.75, 3.05) is 20.8 Å². The molecule has 166 valence electrons. The smallest absolute Gasteiger partial charge is 0.161 e. The second kappa shape index (κ2) is 9.11. The van der Waals surface area contributed by atoms with E-state index in [1.165, 1.54) is 5.56 Å². The van der Waals surface area contributed by atoms with Gasteiger partial charge in [-0.1, -0.05) is 32.1 Å². The molecule has 1 saturated heterocycles. The Bertz CT molecular complexity index is 787. The molecule has 1 fully saturated rings. The third-order valence-electron chi connectivity index (χ3n) is 6.83. The Labute approximate surface area is 181 Å². The van der Waals surface area contributed by atoms with Crippen molar-refractivity contribution in [3.05, 3.63) is 35.9 Å². The van der Waals surface area contributed by atoms with Crippen molar-refractivity contribution in [1.29, 1.82) is 0 Å². The molecule has 5 heteroatoms. The fourth-order valence-electron chi connectivity index (χ4n) is 4.77. The van der Waals surface area contributed by atoms with Crippen LogP contribution in [0.1, 0.15) is 58.9 Å². The lowest BCUT2D eigenvalue weighted by Gasteiger charge is -2.51. The van der Waals surface area contributed by atoms with Crippen molar-refractivity contribution < 1.29 is 19.0 Å². The summed E-state index contributed by atoms with van der Waals surface area (Å²) in [7, 11) is 3.32. The van der Waals surface area contributed by atoms with E-state index in [1.54, 1.807) is 21.1 Å². The molecule has 0 spiro atoms. The lowest BCUT2D eigenvalue weighted by atomic mass is 9.74. The zero-order chi connectivity index (χ0) is 21.9. The van der Waals surface area contributed by atoms with E-state index < -0.39 is 0 Å². The largest absolute Gasteiger partial charge is 0.493 e. The molecule has 0 N–H and O–H groups in total. The van der Waals surface area contributed by atoms with Crippen molar-refractivity contribution in [2.24, 2.45) is 5.41 Å². The van der Waals surface area contributed by atoms with Gasteiger partial charge in [0.1, 0.15) is 6.10 Å². The number of carbonyl (C=O) groups excluding carboxylic acids is 1. The zero-order valence-corrected chi connectivity index (χ0v) is 19.4. The fraction of sp³-hybridized carbons (Fsp3) is 0.640. The first-order valence-electron chi connectivity index (χ1n) is 11.0. The van der Waals surface area contributed by atoms with Crippen LogP contribution in [0.3, 0.4) is 0 Å². The fourth-order valence-corrected chi connectivity index (χ4v) is 4.77. The summed E-state index contributed by atoms with van der Waals surface area (Å²) in [5, 5.41) is 0. The summed E-state index contributed by atoms with van der Waals surface area (Å²) < 4.78 is 17.4. The van der Waals surface area contributed by atoms with Gasteiger partial charge in [0.25, 0.3) is 0 Å². The molecule has 2 aliphatic rings. The van der Waals surface area contributed by atoms with Crippen molar-refractivity contribution in [3.63, 3.8) is 0 Å². The molecular weight excluding hydrogens is 378 g/mol. The van der Waals surface area contributed by atoms with Gasteiger partial charge in [0.05, 0.1) is 20.3 Å². The zero-order valence-electron chi connectivity index (χ0n) is 19.4. The van der Waals surface area contributed by atoms with E-state index in [2.05, 4.69) is 50.0 Å². The number of allylic oxidation sites excluding steroid dienone is 1. The van der Waals surface area contributed by atoms with Gasteiger partial charge in [0, 0.05) is 18.6 Å². The van der Waals surface area contributed by atoms with Crippen LogP contribution in [-0.4, -0.2) is 49.2 Å². The average molecular weight is 416 g/mol. The number of nitrogens with zero attached hydrogens (tertiary/aromatic N) is 1. The number of methoxy groups -OCH3 is 2. The minimum absolute atomic E-state index is 0.00944. The van der Waals surface area contributed by atoms with Crippen LogP contribution >= 0.6 is 0 Å². The van der Waals surface area contributed by atoms with E-state index in [0.29, 0.717) is 0 Å². The van der Waals surface area contributed by atoms with E-state index in [0.717, 1.165) is 50.3 Å². The topological polar surface area (TPSA) is 48.0 Å². The molecule has 2 aliphatic heterocycles. The molecule has 1 aromatic carbocycles. The highest BCUT2D eigenvalue weighted by Crippen LogP contribution is 2.43. The highest BCUT2D eigenvalue weighted by Gasteiger charge is 2.47. The maximum Gasteiger partial charge on any atom is 0.161 e. The summed E-state index contributed by atoms with van der Waals surface area (Å²) in [6.07, 6.45) is 7.97. The summed E-state index contributed by atoms with van der Waals surface area (Å²) in [6.45, 7) is 10.2. The summed E-state index contributed by atoms with van der Waals surface area (Å²) in [5.41, 5.74) is 1.15. The quantitative estimate of drug-likeness (QED) is 0.648. The van der Waals surface area contributed by atoms with Crippen molar-refractivity contribution in [2.45, 2.75) is 77.7 Å². The van der Waals surface area contributed by atoms with Gasteiger partial charge in [0.2, 0.25) is 0 Å². The first-order valence-corrected chi connectivity index (χ1v) is 11.0. The Kier molecular flexibility index (Phi) is 6.93. The number of hydrogen-bond donors (Lipinski definition) is 0. The predicted molar refractivity (Wildman–Crippen MR) is 119 cm³/mol. The third kappa shape index (κ3) is 4.89. The Morgan fingerprint density at radius 1 is 1.17 bits per heavy atom. The molecule has 0 aliphatic carbocycles. The molecule has 3 atom stereocenters. The van der Waals surface area contributed by atoms with Crippen LogP contribution in [-0.2, 0) is 16.1 Å². The maximum atomic E-state index is 12.1. The Morgan fingerprint density at radius 3 is 2.57 bits per heavy atom. The summed E-state index contributed by atoms with van der Waals surface area (Å²) in [5.74, 6) is 1.62. The van der Waals surface area contributed by atoms with Gasteiger partial charge in [-0.3, -0.25) is 9.69 Å². The minimum atomic E-state index is -0.282. The number of rotatable bonds is 5. The molecular formula is C25H37NO4. The highest BCUT2D eigenvalue weighted by molar-refractivity contribution is 5.80. The Morgan fingerprint density at radius 2 is 1.90 bits per heavy atom. The molecule has 30 heavy (non-hydrogen) atoms. The number of ether oxygens (including phenoxy) is 3. The lowest BCUT2D eigenvalue weighted by Crippen LogP contribution is -2.60. The van der Waals surface area contributed by atoms with Gasteiger partial charge in [-0.15, -0.1) is 0 Å². The Balaban J connectivity index is 1.93. The number of fused-ring (bicyclic) bond motifs is 1. The van der Waals surface area contributed by atoms with Crippen molar-refractivity contribution in [3.8, 4) is 11.5 Å². The predicted octanol–water partition coefficient (Wildman–Crippen LogP) is 4.78. The summed E-state index contributed by atoms with van der Waals surface area (Å²) in [4.78, 5) is 14.6. The molecule has 5 nitrogen and oxygen atoms in total. The molecule has 3 rings (SSSR count). The van der Waals surface area contributed by atoms with Gasteiger partial charge in [0.15, 0.2) is 17.3 Å². The molecule has 0 amide bonds. The van der Waals surface area contributed by atoms with Crippen LogP contribution < -0.4 is 9.47 Å². The van der Waals surface area contributed by atoms with Gasteiger partial charge < -0.3 is 14.2 Å². The number of benzene rings is 1. The summed E-state index contributed by atoms with van der Waals surface area (Å²) >= 11 is 0. The molecule has 0 unspecified atom stereocenters. The number of hydrogen-bond acceptors (Lipinski definition) is 5. The van der Waals surface area contributed by atoms with Gasteiger partial charge >= 0.3 is 0 Å². The second-order valence-electron chi connectivity index (χ2n) is 9.73. The molecule has 0 bridgehead atoms. The molecule has 0 saturated carbocycles.